The fraction of sp³-hybridized carbons (Fsp3) is 0.444. The highest BCUT2D eigenvalue weighted by atomic mass is 19.1. The normalized spacial score (nSPS) is 23.6. The summed E-state index contributed by atoms with van der Waals surface area (Å²) in [4.78, 5) is 49.6. The molecule has 3 amide bonds. The second kappa shape index (κ2) is 6.51. The summed E-state index contributed by atoms with van der Waals surface area (Å²) in [6.45, 7) is 2.47. The van der Waals surface area contributed by atoms with Gasteiger partial charge in [0.2, 0.25) is 5.78 Å². The Hall–Kier alpha value is -2.77. The first-order chi connectivity index (χ1) is 12.2. The van der Waals surface area contributed by atoms with Crippen molar-refractivity contribution in [1.82, 2.24) is 10.2 Å². The number of ether oxygens (including phenoxy) is 1. The van der Waals surface area contributed by atoms with Crippen LogP contribution in [0.5, 0.6) is 0 Å². The highest BCUT2D eigenvalue weighted by Gasteiger charge is 2.56. The van der Waals surface area contributed by atoms with E-state index in [1.54, 1.807) is 6.92 Å². The lowest BCUT2D eigenvalue weighted by Gasteiger charge is -2.21. The standard InChI is InChI=1S/C18H19FN2O5/c1-10(15(23)11-3-7-13(19)8-4-11)26-14(22)9-21-16(24)18(2,12-5-6-12)20-17(21)25/h3-4,7-8,10,12H,5-6,9H2,1-2H3,(H,20,25)/t10-,18-/m0/s1. The average molecular weight is 362 g/mol. The SMILES string of the molecule is C[C@H](OC(=O)CN1C(=O)N[C@@](C)(C2CC2)C1=O)C(=O)c1ccc(F)cc1. The van der Waals surface area contributed by atoms with Gasteiger partial charge in [-0.05, 0) is 56.9 Å². The Morgan fingerprint density at radius 2 is 1.92 bits per heavy atom. The van der Waals surface area contributed by atoms with Crippen LogP contribution in [-0.4, -0.2) is 46.8 Å². The van der Waals surface area contributed by atoms with Crippen molar-refractivity contribution in [3.8, 4) is 0 Å². The van der Waals surface area contributed by atoms with Crippen molar-refractivity contribution < 1.29 is 28.3 Å². The minimum atomic E-state index is -1.12. The third kappa shape index (κ3) is 3.31. The molecule has 2 atom stereocenters. The number of nitrogens with zero attached hydrogens (tertiary/aromatic N) is 1. The number of Topliss-reactive ketones (excluding diaryl/α,β-unsaturated/α-hetero) is 1. The zero-order chi connectivity index (χ0) is 19.1. The van der Waals surface area contributed by atoms with Crippen LogP contribution in [0.4, 0.5) is 9.18 Å². The number of halogens is 1. The summed E-state index contributed by atoms with van der Waals surface area (Å²) in [6.07, 6.45) is 0.581. The van der Waals surface area contributed by atoms with Gasteiger partial charge in [-0.25, -0.2) is 9.18 Å². The molecule has 1 N–H and O–H groups in total. The van der Waals surface area contributed by atoms with Gasteiger partial charge < -0.3 is 10.1 Å². The van der Waals surface area contributed by atoms with Crippen LogP contribution in [-0.2, 0) is 14.3 Å². The van der Waals surface area contributed by atoms with Crippen LogP contribution in [0.15, 0.2) is 24.3 Å². The molecule has 2 aliphatic rings. The topological polar surface area (TPSA) is 92.8 Å². The van der Waals surface area contributed by atoms with E-state index in [1.807, 2.05) is 0 Å². The van der Waals surface area contributed by atoms with Gasteiger partial charge in [-0.2, -0.15) is 0 Å². The number of rotatable bonds is 6. The van der Waals surface area contributed by atoms with Crippen LogP contribution in [0, 0.1) is 11.7 Å². The van der Waals surface area contributed by atoms with Gasteiger partial charge in [-0.15, -0.1) is 0 Å². The number of hydrogen-bond acceptors (Lipinski definition) is 5. The Morgan fingerprint density at radius 1 is 1.31 bits per heavy atom. The van der Waals surface area contributed by atoms with Crippen molar-refractivity contribution >= 4 is 23.7 Å². The van der Waals surface area contributed by atoms with Gasteiger partial charge in [0.05, 0.1) is 0 Å². The number of imide groups is 1. The first-order valence-corrected chi connectivity index (χ1v) is 8.35. The number of nitrogens with one attached hydrogen (secondary N) is 1. The smallest absolute Gasteiger partial charge is 0.326 e. The summed E-state index contributed by atoms with van der Waals surface area (Å²) >= 11 is 0. The molecule has 26 heavy (non-hydrogen) atoms. The maximum absolute atomic E-state index is 12.9. The van der Waals surface area contributed by atoms with Gasteiger partial charge in [0.1, 0.15) is 17.9 Å². The van der Waals surface area contributed by atoms with Crippen molar-refractivity contribution in [3.63, 3.8) is 0 Å². The van der Waals surface area contributed by atoms with Crippen molar-refractivity contribution in [1.29, 1.82) is 0 Å². The summed E-state index contributed by atoms with van der Waals surface area (Å²) in [6, 6.07) is 4.21. The average Bonchev–Trinajstić information content (AvgIpc) is 3.41. The molecule has 3 rings (SSSR count). The van der Waals surface area contributed by atoms with Crippen LogP contribution in [0.3, 0.4) is 0 Å². The Morgan fingerprint density at radius 3 is 2.50 bits per heavy atom. The number of carbonyl (C=O) groups excluding carboxylic acids is 4. The molecule has 8 heteroatoms. The first kappa shape index (κ1) is 18.0. The van der Waals surface area contributed by atoms with Crippen molar-refractivity contribution in [2.75, 3.05) is 6.54 Å². The van der Waals surface area contributed by atoms with E-state index in [0.717, 1.165) is 29.9 Å². The fourth-order valence-corrected chi connectivity index (χ4v) is 3.06. The molecule has 1 aromatic carbocycles. The number of carbonyl (C=O) groups is 4. The summed E-state index contributed by atoms with van der Waals surface area (Å²) < 4.78 is 18.0. The summed E-state index contributed by atoms with van der Waals surface area (Å²) in [5.74, 6) is -2.23. The van der Waals surface area contributed by atoms with Crippen LogP contribution in [0.1, 0.15) is 37.0 Å². The molecule has 0 radical (unpaired) electrons. The Bertz CT molecular complexity index is 774. The monoisotopic (exact) mass is 362 g/mol. The van der Waals surface area contributed by atoms with Gasteiger partial charge in [0.15, 0.2) is 6.10 Å². The molecule has 0 aromatic heterocycles. The maximum atomic E-state index is 12.9. The third-order valence-electron chi connectivity index (χ3n) is 4.79. The molecule has 1 aromatic rings. The molecule has 0 unspecified atom stereocenters. The van der Waals surface area contributed by atoms with Crippen LogP contribution < -0.4 is 5.32 Å². The van der Waals surface area contributed by atoms with Crippen molar-refractivity contribution in [2.45, 2.75) is 38.3 Å². The molecule has 1 aliphatic carbocycles. The third-order valence-corrected chi connectivity index (χ3v) is 4.79. The predicted octanol–water partition coefficient (Wildman–Crippen LogP) is 1.66. The van der Waals surface area contributed by atoms with Gasteiger partial charge in [0.25, 0.3) is 5.91 Å². The minimum Gasteiger partial charge on any atom is -0.453 e. The Labute approximate surface area is 149 Å². The summed E-state index contributed by atoms with van der Waals surface area (Å²) in [5.41, 5.74) is -0.782. The molecule has 1 aliphatic heterocycles. The van der Waals surface area contributed by atoms with Gasteiger partial charge >= 0.3 is 12.0 Å². The second-order valence-electron chi connectivity index (χ2n) is 6.80. The Kier molecular flexibility index (Phi) is 4.52. The molecular formula is C18H19FN2O5. The lowest BCUT2D eigenvalue weighted by atomic mass is 9.96. The molecule has 0 bridgehead atoms. The zero-order valence-electron chi connectivity index (χ0n) is 14.5. The molecular weight excluding hydrogens is 343 g/mol. The van der Waals surface area contributed by atoms with E-state index in [4.69, 9.17) is 4.74 Å². The van der Waals surface area contributed by atoms with E-state index in [0.29, 0.717) is 0 Å². The van der Waals surface area contributed by atoms with Gasteiger partial charge in [-0.3, -0.25) is 19.3 Å². The lowest BCUT2D eigenvalue weighted by Crippen LogP contribution is -2.46. The van der Waals surface area contributed by atoms with Gasteiger partial charge in [0, 0.05) is 5.56 Å². The molecule has 1 heterocycles. The molecule has 2 fully saturated rings. The second-order valence-corrected chi connectivity index (χ2v) is 6.80. The number of ketones is 1. The first-order valence-electron chi connectivity index (χ1n) is 8.35. The lowest BCUT2D eigenvalue weighted by molar-refractivity contribution is -0.150. The van der Waals surface area contributed by atoms with E-state index in [-0.39, 0.29) is 11.5 Å². The summed E-state index contributed by atoms with van der Waals surface area (Å²) in [7, 11) is 0. The number of benzene rings is 1. The highest BCUT2D eigenvalue weighted by molar-refractivity contribution is 6.09. The van der Waals surface area contributed by atoms with E-state index in [9.17, 15) is 23.6 Å². The molecule has 1 saturated heterocycles. The minimum absolute atomic E-state index is 0.0824. The van der Waals surface area contributed by atoms with E-state index in [1.165, 1.54) is 19.1 Å². The number of esters is 1. The van der Waals surface area contributed by atoms with Crippen LogP contribution in [0.2, 0.25) is 0 Å². The van der Waals surface area contributed by atoms with E-state index >= 15 is 0 Å². The zero-order valence-corrected chi connectivity index (χ0v) is 14.5. The number of urea groups is 1. The number of hydrogen-bond donors (Lipinski definition) is 1. The molecule has 138 valence electrons. The Balaban J connectivity index is 1.60. The highest BCUT2D eigenvalue weighted by Crippen LogP contribution is 2.42. The van der Waals surface area contributed by atoms with Gasteiger partial charge in [-0.1, -0.05) is 0 Å². The predicted molar refractivity (Wildman–Crippen MR) is 87.7 cm³/mol. The van der Waals surface area contributed by atoms with Crippen LogP contribution >= 0.6 is 0 Å². The van der Waals surface area contributed by atoms with E-state index < -0.39 is 47.7 Å². The fourth-order valence-electron chi connectivity index (χ4n) is 3.06. The molecule has 0 spiro atoms. The maximum Gasteiger partial charge on any atom is 0.326 e. The van der Waals surface area contributed by atoms with Crippen molar-refractivity contribution in [3.05, 3.63) is 35.6 Å². The van der Waals surface area contributed by atoms with Crippen LogP contribution in [0.25, 0.3) is 0 Å². The number of amides is 3. The van der Waals surface area contributed by atoms with Crippen molar-refractivity contribution in [2.24, 2.45) is 5.92 Å². The molecule has 1 saturated carbocycles. The quantitative estimate of drug-likeness (QED) is 0.472. The summed E-state index contributed by atoms with van der Waals surface area (Å²) in [5, 5.41) is 2.63. The molecule has 7 nitrogen and oxygen atoms in total. The largest absolute Gasteiger partial charge is 0.453 e. The van der Waals surface area contributed by atoms with E-state index in [2.05, 4.69) is 5.32 Å².